The molecule has 1 aromatic heterocycles. The van der Waals surface area contributed by atoms with Crippen LogP contribution in [0.3, 0.4) is 0 Å². The number of hydrogen-bond donors (Lipinski definition) is 1. The van der Waals surface area contributed by atoms with Crippen molar-refractivity contribution in [1.82, 2.24) is 4.98 Å². The van der Waals surface area contributed by atoms with Gasteiger partial charge in [-0.1, -0.05) is 6.07 Å². The van der Waals surface area contributed by atoms with Gasteiger partial charge in [0.05, 0.1) is 12.1 Å². The maximum absolute atomic E-state index is 12.6. The van der Waals surface area contributed by atoms with Gasteiger partial charge in [-0.2, -0.15) is 13.2 Å². The lowest BCUT2D eigenvalue weighted by molar-refractivity contribution is -0.137. The quantitative estimate of drug-likeness (QED) is 0.845. The maximum atomic E-state index is 12.6. The molecule has 0 unspecified atom stereocenters. The Morgan fingerprint density at radius 2 is 2.00 bits per heavy atom. The van der Waals surface area contributed by atoms with Gasteiger partial charge in [-0.3, -0.25) is 9.78 Å². The van der Waals surface area contributed by atoms with E-state index in [0.717, 1.165) is 12.1 Å². The zero-order valence-electron chi connectivity index (χ0n) is 11.4. The van der Waals surface area contributed by atoms with Crippen LogP contribution in [-0.4, -0.2) is 10.9 Å². The summed E-state index contributed by atoms with van der Waals surface area (Å²) >= 11 is 0. The molecule has 1 amide bonds. The third kappa shape index (κ3) is 3.61. The van der Waals surface area contributed by atoms with Crippen LogP contribution in [-0.2, 0) is 6.18 Å². The fourth-order valence-electron chi connectivity index (χ4n) is 1.80. The Morgan fingerprint density at radius 1 is 1.27 bits per heavy atom. The van der Waals surface area contributed by atoms with Crippen molar-refractivity contribution < 1.29 is 18.0 Å². The molecule has 7 heteroatoms. The van der Waals surface area contributed by atoms with Gasteiger partial charge in [0, 0.05) is 11.4 Å². The number of alkyl halides is 3. The first-order chi connectivity index (χ1) is 10.3. The summed E-state index contributed by atoms with van der Waals surface area (Å²) in [5.74, 6) is -0.673. The number of amides is 1. The average Bonchev–Trinajstić information content (AvgIpc) is 2.46. The van der Waals surface area contributed by atoms with E-state index in [1.807, 2.05) is 0 Å². The summed E-state index contributed by atoms with van der Waals surface area (Å²) in [5.41, 5.74) is -0.162. The minimum absolute atomic E-state index is 0.00694. The van der Waals surface area contributed by atoms with Crippen LogP contribution in [0.4, 0.5) is 24.5 Å². The van der Waals surface area contributed by atoms with Crippen LogP contribution in [0.1, 0.15) is 21.7 Å². The second-order valence-corrected chi connectivity index (χ2v) is 4.50. The summed E-state index contributed by atoms with van der Waals surface area (Å²) in [6, 6.07) is 7.09. The summed E-state index contributed by atoms with van der Waals surface area (Å²) in [6.45, 7) is 8.56. The Balaban J connectivity index is 2.26. The minimum atomic E-state index is -4.49. The van der Waals surface area contributed by atoms with E-state index in [-0.39, 0.29) is 17.1 Å². The Labute approximate surface area is 124 Å². The SMILES string of the molecule is [C-]#[N+]c1cc(C)nc(C(=O)Nc2cccc(C(F)(F)F)c2)c1. The number of halogens is 3. The molecule has 0 bridgehead atoms. The first kappa shape index (κ1) is 15.5. The summed E-state index contributed by atoms with van der Waals surface area (Å²) < 4.78 is 37.9. The molecule has 0 atom stereocenters. The van der Waals surface area contributed by atoms with Gasteiger partial charge in [0.15, 0.2) is 5.69 Å². The van der Waals surface area contributed by atoms with Gasteiger partial charge >= 0.3 is 6.18 Å². The number of aryl methyl sites for hydroxylation is 1. The molecule has 2 aromatic rings. The highest BCUT2D eigenvalue weighted by Crippen LogP contribution is 2.30. The minimum Gasteiger partial charge on any atom is -0.321 e. The van der Waals surface area contributed by atoms with Crippen molar-refractivity contribution in [3.8, 4) is 0 Å². The van der Waals surface area contributed by atoms with Crippen LogP contribution >= 0.6 is 0 Å². The molecule has 1 heterocycles. The highest BCUT2D eigenvalue weighted by molar-refractivity contribution is 6.03. The summed E-state index contributed by atoms with van der Waals surface area (Å²) in [7, 11) is 0. The topological polar surface area (TPSA) is 46.4 Å². The number of nitrogens with one attached hydrogen (secondary N) is 1. The number of hydrogen-bond acceptors (Lipinski definition) is 2. The van der Waals surface area contributed by atoms with Gasteiger partial charge in [0.25, 0.3) is 5.91 Å². The second-order valence-electron chi connectivity index (χ2n) is 4.50. The van der Waals surface area contributed by atoms with Crippen molar-refractivity contribution in [1.29, 1.82) is 0 Å². The predicted molar refractivity (Wildman–Crippen MR) is 74.6 cm³/mol. The largest absolute Gasteiger partial charge is 0.416 e. The van der Waals surface area contributed by atoms with E-state index in [0.29, 0.717) is 5.69 Å². The first-order valence-electron chi connectivity index (χ1n) is 6.14. The maximum Gasteiger partial charge on any atom is 0.416 e. The number of rotatable bonds is 2. The Morgan fingerprint density at radius 3 is 2.64 bits per heavy atom. The lowest BCUT2D eigenvalue weighted by Gasteiger charge is -2.10. The fourth-order valence-corrected chi connectivity index (χ4v) is 1.80. The standard InChI is InChI=1S/C15H10F3N3O/c1-9-6-12(19-2)8-13(20-9)14(22)21-11-5-3-4-10(7-11)15(16,17)18/h3-8H,1H3,(H,21,22). The highest BCUT2D eigenvalue weighted by atomic mass is 19.4. The molecule has 0 aliphatic rings. The van der Waals surface area contributed by atoms with Crippen molar-refractivity contribution in [2.45, 2.75) is 13.1 Å². The van der Waals surface area contributed by atoms with E-state index >= 15 is 0 Å². The van der Waals surface area contributed by atoms with Gasteiger partial charge in [0.1, 0.15) is 5.69 Å². The molecule has 0 aliphatic carbocycles. The molecular weight excluding hydrogens is 295 g/mol. The normalized spacial score (nSPS) is 10.9. The molecular formula is C15H10F3N3O. The number of pyridine rings is 1. The second kappa shape index (κ2) is 5.85. The van der Waals surface area contributed by atoms with E-state index < -0.39 is 17.6 Å². The van der Waals surface area contributed by atoms with Gasteiger partial charge in [-0.05, 0) is 37.3 Å². The van der Waals surface area contributed by atoms with Crippen molar-refractivity contribution in [2.75, 3.05) is 5.32 Å². The number of nitrogens with zero attached hydrogens (tertiary/aromatic N) is 2. The Bertz CT molecular complexity index is 763. The summed E-state index contributed by atoms with van der Waals surface area (Å²) in [6.07, 6.45) is -4.49. The van der Waals surface area contributed by atoms with Crippen LogP contribution in [0, 0.1) is 13.5 Å². The molecule has 0 radical (unpaired) electrons. The van der Waals surface area contributed by atoms with Crippen molar-refractivity contribution >= 4 is 17.3 Å². The molecule has 0 fully saturated rings. The lowest BCUT2D eigenvalue weighted by Crippen LogP contribution is -2.15. The first-order valence-corrected chi connectivity index (χ1v) is 6.14. The molecule has 1 aromatic carbocycles. The molecule has 0 aliphatic heterocycles. The molecule has 0 saturated heterocycles. The molecule has 1 N–H and O–H groups in total. The van der Waals surface area contributed by atoms with Crippen molar-refractivity contribution in [2.24, 2.45) is 0 Å². The molecule has 0 saturated carbocycles. The van der Waals surface area contributed by atoms with Crippen LogP contribution in [0.15, 0.2) is 36.4 Å². The van der Waals surface area contributed by atoms with E-state index in [1.54, 1.807) is 6.92 Å². The molecule has 112 valence electrons. The molecule has 4 nitrogen and oxygen atoms in total. The predicted octanol–water partition coefficient (Wildman–Crippen LogP) is 4.21. The number of carbonyl (C=O) groups is 1. The van der Waals surface area contributed by atoms with E-state index in [9.17, 15) is 18.0 Å². The molecule has 0 spiro atoms. The fraction of sp³-hybridized carbons (Fsp3) is 0.133. The van der Waals surface area contributed by atoms with Gasteiger partial charge in [0.2, 0.25) is 0 Å². The van der Waals surface area contributed by atoms with Gasteiger partial charge in [-0.15, -0.1) is 0 Å². The zero-order chi connectivity index (χ0) is 16.3. The average molecular weight is 305 g/mol. The van der Waals surface area contributed by atoms with Crippen LogP contribution in [0.2, 0.25) is 0 Å². The molecule has 22 heavy (non-hydrogen) atoms. The zero-order valence-corrected chi connectivity index (χ0v) is 11.4. The van der Waals surface area contributed by atoms with E-state index in [2.05, 4.69) is 15.1 Å². The third-order valence-electron chi connectivity index (χ3n) is 2.75. The Kier molecular flexibility index (Phi) is 4.13. The monoisotopic (exact) mass is 305 g/mol. The van der Waals surface area contributed by atoms with Crippen LogP contribution in [0.25, 0.3) is 4.85 Å². The number of anilines is 1. The number of aromatic nitrogens is 1. The van der Waals surface area contributed by atoms with Crippen molar-refractivity contribution in [3.05, 3.63) is 64.8 Å². The summed E-state index contributed by atoms with van der Waals surface area (Å²) in [5, 5.41) is 2.34. The van der Waals surface area contributed by atoms with E-state index in [4.69, 9.17) is 6.57 Å². The number of carbonyl (C=O) groups excluding carboxylic acids is 1. The van der Waals surface area contributed by atoms with Gasteiger partial charge in [-0.25, -0.2) is 4.85 Å². The third-order valence-corrected chi connectivity index (χ3v) is 2.75. The highest BCUT2D eigenvalue weighted by Gasteiger charge is 2.30. The van der Waals surface area contributed by atoms with Crippen molar-refractivity contribution in [3.63, 3.8) is 0 Å². The van der Waals surface area contributed by atoms with Gasteiger partial charge < -0.3 is 5.32 Å². The van der Waals surface area contributed by atoms with Crippen LogP contribution in [0.5, 0.6) is 0 Å². The Hall–Kier alpha value is -2.88. The number of benzene rings is 1. The summed E-state index contributed by atoms with van der Waals surface area (Å²) in [4.78, 5) is 19.2. The van der Waals surface area contributed by atoms with Crippen LogP contribution < -0.4 is 5.32 Å². The van der Waals surface area contributed by atoms with E-state index in [1.165, 1.54) is 24.3 Å². The molecule has 2 rings (SSSR count). The smallest absolute Gasteiger partial charge is 0.321 e. The lowest BCUT2D eigenvalue weighted by atomic mass is 10.2.